The van der Waals surface area contributed by atoms with Gasteiger partial charge in [0.25, 0.3) is 0 Å². The van der Waals surface area contributed by atoms with Crippen LogP contribution in [-0.4, -0.2) is 19.1 Å². The quantitative estimate of drug-likeness (QED) is 0.857. The van der Waals surface area contributed by atoms with Gasteiger partial charge in [0.15, 0.2) is 0 Å². The lowest BCUT2D eigenvalue weighted by molar-refractivity contribution is -0.142. The van der Waals surface area contributed by atoms with E-state index in [9.17, 15) is 4.79 Å². The Morgan fingerprint density at radius 2 is 2.10 bits per heavy atom. The van der Waals surface area contributed by atoms with Gasteiger partial charge in [-0.3, -0.25) is 4.79 Å². The Kier molecular flexibility index (Phi) is 4.40. The summed E-state index contributed by atoms with van der Waals surface area (Å²) in [4.78, 5) is 11.4. The van der Waals surface area contributed by atoms with Crippen molar-refractivity contribution in [3.63, 3.8) is 0 Å². The van der Waals surface area contributed by atoms with Crippen molar-refractivity contribution in [3.05, 3.63) is 54.1 Å². The van der Waals surface area contributed by atoms with Crippen LogP contribution in [0, 0.1) is 5.41 Å². The summed E-state index contributed by atoms with van der Waals surface area (Å²) in [6.07, 6.45) is 7.94. The molecule has 0 saturated carbocycles. The average molecular weight is 271 g/mol. The first kappa shape index (κ1) is 14.5. The summed E-state index contributed by atoms with van der Waals surface area (Å²) in [6, 6.07) is 9.70. The van der Waals surface area contributed by atoms with Crippen molar-refractivity contribution in [2.24, 2.45) is 11.1 Å². The molecule has 0 bridgehead atoms. The molecule has 3 heteroatoms. The summed E-state index contributed by atoms with van der Waals surface area (Å²) < 4.78 is 4.69. The highest BCUT2D eigenvalue weighted by molar-refractivity contribution is 5.76. The van der Waals surface area contributed by atoms with E-state index in [1.165, 1.54) is 18.2 Å². The van der Waals surface area contributed by atoms with Crippen LogP contribution in [0.4, 0.5) is 0 Å². The number of rotatable bonds is 4. The second-order valence-electron chi connectivity index (χ2n) is 5.55. The molecule has 3 nitrogen and oxygen atoms in total. The molecule has 0 aromatic heterocycles. The number of carbonyl (C=O) groups is 1. The summed E-state index contributed by atoms with van der Waals surface area (Å²) >= 11 is 0. The van der Waals surface area contributed by atoms with Gasteiger partial charge >= 0.3 is 5.97 Å². The second-order valence-corrected chi connectivity index (χ2v) is 5.55. The lowest BCUT2D eigenvalue weighted by Crippen LogP contribution is -2.36. The van der Waals surface area contributed by atoms with Crippen molar-refractivity contribution < 1.29 is 9.53 Å². The minimum atomic E-state index is -0.568. The zero-order valence-corrected chi connectivity index (χ0v) is 12.0. The van der Waals surface area contributed by atoms with Gasteiger partial charge in [-0.05, 0) is 29.4 Å². The molecular formula is C17H21NO2. The molecule has 1 aliphatic carbocycles. The monoisotopic (exact) mass is 271 g/mol. The molecule has 2 atom stereocenters. The molecule has 1 aliphatic rings. The Labute approximate surface area is 120 Å². The van der Waals surface area contributed by atoms with Crippen LogP contribution < -0.4 is 5.73 Å². The number of benzene rings is 1. The van der Waals surface area contributed by atoms with E-state index in [0.29, 0.717) is 6.42 Å². The normalized spacial score (nSPS) is 23.1. The number of methoxy groups -OCH3 is 1. The summed E-state index contributed by atoms with van der Waals surface area (Å²) in [7, 11) is 1.37. The number of allylic oxidation sites excluding steroid dienone is 4. The second kappa shape index (κ2) is 6.06. The fourth-order valence-electron chi connectivity index (χ4n) is 2.50. The van der Waals surface area contributed by atoms with Crippen LogP contribution in [0.3, 0.4) is 0 Å². The van der Waals surface area contributed by atoms with E-state index in [1.807, 2.05) is 18.2 Å². The minimum Gasteiger partial charge on any atom is -0.468 e. The highest BCUT2D eigenvalue weighted by Gasteiger charge is 2.28. The van der Waals surface area contributed by atoms with E-state index in [1.54, 1.807) is 0 Å². The molecular weight excluding hydrogens is 250 g/mol. The molecule has 0 heterocycles. The van der Waals surface area contributed by atoms with Gasteiger partial charge in [-0.15, -0.1) is 0 Å². The molecule has 0 aliphatic heterocycles. The summed E-state index contributed by atoms with van der Waals surface area (Å²) in [5.41, 5.74) is 8.20. The van der Waals surface area contributed by atoms with Gasteiger partial charge in [0.2, 0.25) is 0 Å². The van der Waals surface area contributed by atoms with Gasteiger partial charge in [-0.2, -0.15) is 0 Å². The molecule has 1 aromatic rings. The van der Waals surface area contributed by atoms with Gasteiger partial charge in [-0.1, -0.05) is 55.5 Å². The number of hydrogen-bond acceptors (Lipinski definition) is 3. The lowest BCUT2D eigenvalue weighted by Gasteiger charge is -2.30. The first-order valence-corrected chi connectivity index (χ1v) is 6.82. The van der Waals surface area contributed by atoms with Gasteiger partial charge in [0, 0.05) is 0 Å². The highest BCUT2D eigenvalue weighted by atomic mass is 16.5. The zero-order valence-electron chi connectivity index (χ0n) is 12.0. The van der Waals surface area contributed by atoms with E-state index in [2.05, 4.69) is 42.0 Å². The first-order valence-electron chi connectivity index (χ1n) is 6.82. The van der Waals surface area contributed by atoms with Crippen LogP contribution in [0.2, 0.25) is 0 Å². The Morgan fingerprint density at radius 1 is 1.40 bits per heavy atom. The Bertz CT molecular complexity index is 533. The predicted molar refractivity (Wildman–Crippen MR) is 80.9 cm³/mol. The number of esters is 1. The van der Waals surface area contributed by atoms with Crippen molar-refractivity contribution in [2.45, 2.75) is 25.8 Å². The van der Waals surface area contributed by atoms with Crippen LogP contribution in [0.5, 0.6) is 0 Å². The van der Waals surface area contributed by atoms with Crippen LogP contribution >= 0.6 is 0 Å². The van der Waals surface area contributed by atoms with Crippen molar-refractivity contribution in [1.82, 2.24) is 0 Å². The fraction of sp³-hybridized carbons (Fsp3) is 0.353. The van der Waals surface area contributed by atoms with Gasteiger partial charge in [0.1, 0.15) is 6.04 Å². The minimum absolute atomic E-state index is 0.0914. The summed E-state index contributed by atoms with van der Waals surface area (Å²) in [6.45, 7) is 2.12. The highest BCUT2D eigenvalue weighted by Crippen LogP contribution is 2.36. The van der Waals surface area contributed by atoms with Gasteiger partial charge < -0.3 is 10.5 Å². The molecule has 1 aromatic carbocycles. The Morgan fingerprint density at radius 3 is 2.65 bits per heavy atom. The molecule has 0 radical (unpaired) electrons. The summed E-state index contributed by atoms with van der Waals surface area (Å²) in [5.74, 6) is -0.350. The number of carbonyl (C=O) groups excluding carboxylic acids is 1. The maximum atomic E-state index is 11.4. The molecule has 2 rings (SSSR count). The Balaban J connectivity index is 2.05. The average Bonchev–Trinajstić information content (AvgIpc) is 2.47. The van der Waals surface area contributed by atoms with Crippen molar-refractivity contribution in [3.8, 4) is 0 Å². The molecule has 0 amide bonds. The lowest BCUT2D eigenvalue weighted by atomic mass is 9.76. The van der Waals surface area contributed by atoms with Crippen LogP contribution in [0.1, 0.15) is 25.3 Å². The maximum absolute atomic E-state index is 11.4. The molecule has 2 N–H and O–H groups in total. The number of hydrogen-bond donors (Lipinski definition) is 1. The zero-order chi connectivity index (χ0) is 14.6. The molecule has 0 saturated heterocycles. The van der Waals surface area contributed by atoms with Crippen LogP contribution in [0.15, 0.2) is 48.6 Å². The van der Waals surface area contributed by atoms with E-state index >= 15 is 0 Å². The summed E-state index contributed by atoms with van der Waals surface area (Å²) in [5, 5.41) is 0. The molecule has 106 valence electrons. The first-order chi connectivity index (χ1) is 9.54. The van der Waals surface area contributed by atoms with E-state index < -0.39 is 6.04 Å². The number of ether oxygens (including phenoxy) is 1. The van der Waals surface area contributed by atoms with Crippen LogP contribution in [-0.2, 0) is 9.53 Å². The van der Waals surface area contributed by atoms with E-state index in [-0.39, 0.29) is 11.4 Å². The predicted octanol–water partition coefficient (Wildman–Crippen LogP) is 2.93. The third kappa shape index (κ3) is 3.36. The standard InChI is InChI=1S/C17H21NO2/c1-17(12-15(18)16(19)20-2)10-8-14(9-11-17)13-6-4-3-5-7-13/h3-10,15H,11-12,18H2,1-2H3. The molecule has 0 fully saturated rings. The smallest absolute Gasteiger partial charge is 0.322 e. The Hall–Kier alpha value is -1.87. The van der Waals surface area contributed by atoms with Crippen molar-refractivity contribution in [2.75, 3.05) is 7.11 Å². The van der Waals surface area contributed by atoms with Crippen molar-refractivity contribution in [1.29, 1.82) is 0 Å². The topological polar surface area (TPSA) is 52.3 Å². The number of nitrogens with two attached hydrogens (primary N) is 1. The van der Waals surface area contributed by atoms with E-state index in [4.69, 9.17) is 5.73 Å². The third-order valence-corrected chi connectivity index (χ3v) is 3.75. The molecule has 20 heavy (non-hydrogen) atoms. The van der Waals surface area contributed by atoms with Crippen LogP contribution in [0.25, 0.3) is 5.57 Å². The van der Waals surface area contributed by atoms with Gasteiger partial charge in [-0.25, -0.2) is 0 Å². The van der Waals surface area contributed by atoms with Gasteiger partial charge in [0.05, 0.1) is 7.11 Å². The van der Waals surface area contributed by atoms with Crippen molar-refractivity contribution >= 4 is 11.5 Å². The fourth-order valence-corrected chi connectivity index (χ4v) is 2.50. The largest absolute Gasteiger partial charge is 0.468 e. The third-order valence-electron chi connectivity index (χ3n) is 3.75. The SMILES string of the molecule is COC(=O)C(N)CC1(C)C=CC(c2ccccc2)=CC1. The molecule has 2 unspecified atom stereocenters. The maximum Gasteiger partial charge on any atom is 0.322 e. The van der Waals surface area contributed by atoms with E-state index in [0.717, 1.165) is 6.42 Å². The molecule has 0 spiro atoms.